The average molecular weight is 386 g/mol. The first-order chi connectivity index (χ1) is 11.3. The van der Waals surface area contributed by atoms with Crippen LogP contribution in [0.25, 0.3) is 0 Å². The molecule has 1 atom stereocenters. The second-order valence-corrected chi connectivity index (χ2v) is 7.26. The molecular formula is C15H15Cl2N4O2S+. The van der Waals surface area contributed by atoms with Gasteiger partial charge >= 0.3 is 6.03 Å². The van der Waals surface area contributed by atoms with Gasteiger partial charge in [-0.25, -0.2) is 14.3 Å². The Hall–Kier alpha value is -1.57. The molecule has 1 fully saturated rings. The van der Waals surface area contributed by atoms with Gasteiger partial charge in [0.1, 0.15) is 0 Å². The van der Waals surface area contributed by atoms with Crippen LogP contribution < -0.4 is 0 Å². The maximum Gasteiger partial charge on any atom is 0.388 e. The lowest BCUT2D eigenvalue weighted by molar-refractivity contribution is -0.367. The second-order valence-electron chi connectivity index (χ2n) is 5.51. The number of amides is 3. The van der Waals surface area contributed by atoms with Crippen LogP contribution in [0, 0.1) is 0 Å². The number of imide groups is 1. The molecule has 24 heavy (non-hydrogen) atoms. The molecule has 2 aliphatic rings. The summed E-state index contributed by atoms with van der Waals surface area (Å²) in [6, 6.07) is 4.43. The molecular weight excluding hydrogens is 371 g/mol. The zero-order chi connectivity index (χ0) is 17.6. The van der Waals surface area contributed by atoms with Crippen molar-refractivity contribution in [2.75, 3.05) is 21.1 Å². The predicted molar refractivity (Wildman–Crippen MR) is 96.1 cm³/mol. The van der Waals surface area contributed by atoms with E-state index in [2.05, 4.69) is 4.99 Å². The Morgan fingerprint density at radius 3 is 2.58 bits per heavy atom. The molecule has 0 radical (unpaired) electrons. The van der Waals surface area contributed by atoms with E-state index in [1.165, 1.54) is 23.7 Å². The molecule has 9 heteroatoms. The zero-order valence-corrected chi connectivity index (χ0v) is 15.6. The minimum Gasteiger partial charge on any atom is -0.269 e. The van der Waals surface area contributed by atoms with Crippen molar-refractivity contribution in [2.45, 2.75) is 11.8 Å². The molecule has 0 spiro atoms. The quantitative estimate of drug-likeness (QED) is 0.734. The van der Waals surface area contributed by atoms with Gasteiger partial charge in [0.25, 0.3) is 23.0 Å². The van der Waals surface area contributed by atoms with Crippen LogP contribution in [-0.2, 0) is 10.5 Å². The standard InChI is InChI=1S/C15H15Cl2N4O2S/c1-19-12-11(13(22)21(3)15(23)20(12)2)18-14(19)24-7-8-4-5-9(16)10(17)6-8/h4-6,11H,7H2,1-3H3/q+1. The van der Waals surface area contributed by atoms with Crippen molar-refractivity contribution in [3.63, 3.8) is 0 Å². The van der Waals surface area contributed by atoms with Crippen LogP contribution in [0.5, 0.6) is 0 Å². The lowest BCUT2D eigenvalue weighted by atomic mass is 10.2. The van der Waals surface area contributed by atoms with E-state index >= 15 is 0 Å². The average Bonchev–Trinajstić information content (AvgIpc) is 2.89. The van der Waals surface area contributed by atoms with Crippen molar-refractivity contribution >= 4 is 57.9 Å². The molecule has 3 rings (SSSR count). The third kappa shape index (κ3) is 2.81. The maximum atomic E-state index is 12.3. The molecule has 0 saturated carbocycles. The first kappa shape index (κ1) is 17.3. The molecule has 1 saturated heterocycles. The monoisotopic (exact) mass is 385 g/mol. The summed E-state index contributed by atoms with van der Waals surface area (Å²) in [4.78, 5) is 31.4. The highest BCUT2D eigenvalue weighted by Gasteiger charge is 2.51. The first-order valence-electron chi connectivity index (χ1n) is 7.11. The van der Waals surface area contributed by atoms with Gasteiger partial charge < -0.3 is 0 Å². The van der Waals surface area contributed by atoms with Crippen LogP contribution in [0.2, 0.25) is 10.0 Å². The molecule has 0 aromatic heterocycles. The van der Waals surface area contributed by atoms with Gasteiger partial charge in [0.15, 0.2) is 0 Å². The van der Waals surface area contributed by atoms with Gasteiger partial charge in [0, 0.05) is 12.8 Å². The Morgan fingerprint density at radius 2 is 1.92 bits per heavy atom. The maximum absolute atomic E-state index is 12.3. The third-order valence-electron chi connectivity index (χ3n) is 3.95. The topological polar surface area (TPSA) is 56.0 Å². The number of hydrogen-bond donors (Lipinski definition) is 0. The van der Waals surface area contributed by atoms with E-state index in [4.69, 9.17) is 23.2 Å². The van der Waals surface area contributed by atoms with Crippen molar-refractivity contribution in [3.05, 3.63) is 33.8 Å². The van der Waals surface area contributed by atoms with Gasteiger partial charge in [0.05, 0.1) is 24.1 Å². The van der Waals surface area contributed by atoms with E-state index in [0.717, 1.165) is 10.5 Å². The lowest BCUT2D eigenvalue weighted by Crippen LogP contribution is -2.59. The highest BCUT2D eigenvalue weighted by Crippen LogP contribution is 2.27. The molecule has 2 heterocycles. The van der Waals surface area contributed by atoms with Gasteiger partial charge in [-0.3, -0.25) is 9.69 Å². The highest BCUT2D eigenvalue weighted by molar-refractivity contribution is 8.12. The molecule has 126 valence electrons. The van der Waals surface area contributed by atoms with E-state index in [9.17, 15) is 9.59 Å². The van der Waals surface area contributed by atoms with E-state index in [1.807, 2.05) is 6.07 Å². The van der Waals surface area contributed by atoms with Gasteiger partial charge in [0.2, 0.25) is 0 Å². The van der Waals surface area contributed by atoms with Crippen LogP contribution >= 0.6 is 35.0 Å². The summed E-state index contributed by atoms with van der Waals surface area (Å²) < 4.78 is 1.79. The number of hydrogen-bond acceptors (Lipinski definition) is 4. The van der Waals surface area contributed by atoms with Crippen molar-refractivity contribution in [1.29, 1.82) is 0 Å². The Balaban J connectivity index is 1.82. The number of aliphatic imine (C=N–C) groups is 1. The zero-order valence-electron chi connectivity index (χ0n) is 13.3. The summed E-state index contributed by atoms with van der Waals surface area (Å²) in [6.45, 7) is 0. The summed E-state index contributed by atoms with van der Waals surface area (Å²) in [5, 5.41) is 1.70. The number of halogens is 2. The molecule has 2 aliphatic heterocycles. The fourth-order valence-corrected chi connectivity index (χ4v) is 3.89. The fourth-order valence-electron chi connectivity index (χ4n) is 2.62. The Labute approximate surface area is 153 Å². The molecule has 6 nitrogen and oxygen atoms in total. The smallest absolute Gasteiger partial charge is 0.269 e. The predicted octanol–water partition coefficient (Wildman–Crippen LogP) is 2.53. The van der Waals surface area contributed by atoms with Crippen LogP contribution in [-0.4, -0.2) is 64.5 Å². The van der Waals surface area contributed by atoms with E-state index in [-0.39, 0.29) is 11.9 Å². The fraction of sp³-hybridized carbons (Fsp3) is 0.333. The summed E-state index contributed by atoms with van der Waals surface area (Å²) in [7, 11) is 4.92. The summed E-state index contributed by atoms with van der Waals surface area (Å²) >= 11 is 13.4. The number of thioether (sulfide) groups is 1. The number of amidine groups is 2. The first-order valence-corrected chi connectivity index (χ1v) is 8.85. The molecule has 0 N–H and O–H groups in total. The van der Waals surface area contributed by atoms with E-state index in [0.29, 0.717) is 26.8 Å². The minimum absolute atomic E-state index is 0.315. The van der Waals surface area contributed by atoms with Crippen LogP contribution in [0.4, 0.5) is 4.79 Å². The summed E-state index contributed by atoms with van der Waals surface area (Å²) in [6.07, 6.45) is 0. The van der Waals surface area contributed by atoms with E-state index < -0.39 is 6.04 Å². The van der Waals surface area contributed by atoms with Crippen molar-refractivity contribution in [3.8, 4) is 0 Å². The third-order valence-corrected chi connectivity index (χ3v) is 5.80. The highest BCUT2D eigenvalue weighted by atomic mass is 35.5. The summed E-state index contributed by atoms with van der Waals surface area (Å²) in [5.74, 6) is 0.895. The Kier molecular flexibility index (Phi) is 4.59. The molecule has 0 aliphatic carbocycles. The second kappa shape index (κ2) is 6.38. The normalized spacial score (nSPS) is 20.7. The van der Waals surface area contributed by atoms with Gasteiger partial charge in [-0.15, -0.1) is 4.99 Å². The van der Waals surface area contributed by atoms with Gasteiger partial charge in [-0.2, -0.15) is 0 Å². The Bertz CT molecular complexity index is 809. The van der Waals surface area contributed by atoms with Crippen molar-refractivity contribution in [1.82, 2.24) is 9.80 Å². The summed E-state index contributed by atoms with van der Waals surface area (Å²) in [5.41, 5.74) is 0.998. The van der Waals surface area contributed by atoms with Crippen LogP contribution in [0.1, 0.15) is 5.56 Å². The number of benzene rings is 1. The van der Waals surface area contributed by atoms with Gasteiger partial charge in [-0.1, -0.05) is 29.3 Å². The molecule has 1 unspecified atom stereocenters. The minimum atomic E-state index is -0.668. The van der Waals surface area contributed by atoms with Crippen molar-refractivity contribution in [2.24, 2.45) is 4.99 Å². The lowest BCUT2D eigenvalue weighted by Gasteiger charge is -2.27. The van der Waals surface area contributed by atoms with Crippen LogP contribution in [0.3, 0.4) is 0 Å². The van der Waals surface area contributed by atoms with E-state index in [1.54, 1.807) is 30.8 Å². The number of nitrogens with zero attached hydrogens (tertiary/aromatic N) is 4. The number of fused-ring (bicyclic) bond motifs is 1. The van der Waals surface area contributed by atoms with Gasteiger partial charge in [-0.05, 0) is 29.5 Å². The number of carbonyl (C=O) groups is 2. The SMILES string of the molecule is CN1C(=O)C2N=C(SCc3ccc(Cl)c(Cl)c3)[N+](C)=C2N(C)C1=O. The van der Waals surface area contributed by atoms with Crippen molar-refractivity contribution < 1.29 is 14.2 Å². The molecule has 1 aromatic carbocycles. The number of rotatable bonds is 2. The van der Waals surface area contributed by atoms with Crippen LogP contribution in [0.15, 0.2) is 23.2 Å². The number of urea groups is 1. The molecule has 1 aromatic rings. The molecule has 0 bridgehead atoms. The Morgan fingerprint density at radius 1 is 1.21 bits per heavy atom. The number of likely N-dealkylation sites (N-methyl/N-ethyl adjacent to an activating group) is 2. The molecule has 3 amide bonds. The number of carbonyl (C=O) groups excluding carboxylic acids is 2. The largest absolute Gasteiger partial charge is 0.388 e.